The van der Waals surface area contributed by atoms with Crippen molar-refractivity contribution in [3.63, 3.8) is 0 Å². The minimum absolute atomic E-state index is 0.204. The summed E-state index contributed by atoms with van der Waals surface area (Å²) in [5.74, 6) is 4.61. The van der Waals surface area contributed by atoms with Crippen molar-refractivity contribution in [1.82, 2.24) is 16.1 Å². The van der Waals surface area contributed by atoms with Crippen LogP contribution >= 0.6 is 0 Å². The SMILES string of the molecule is CCOC(=O)C1=C(C)NC(=O)N[C@@H]1c1ccc(OCC(=O)NN)c(OC)c1. The molecule has 3 amide bonds. The normalized spacial score (nSPS) is 16.1. The number of nitrogens with one attached hydrogen (secondary N) is 3. The molecule has 0 bridgehead atoms. The minimum Gasteiger partial charge on any atom is -0.493 e. The molecule has 10 heteroatoms. The van der Waals surface area contributed by atoms with Crippen LogP contribution in [0.25, 0.3) is 0 Å². The summed E-state index contributed by atoms with van der Waals surface area (Å²) in [6, 6.07) is 3.67. The van der Waals surface area contributed by atoms with Crippen LogP contribution in [-0.2, 0) is 14.3 Å². The summed E-state index contributed by atoms with van der Waals surface area (Å²) >= 11 is 0. The van der Waals surface area contributed by atoms with Crippen molar-refractivity contribution in [3.8, 4) is 11.5 Å². The van der Waals surface area contributed by atoms with Crippen LogP contribution in [0.4, 0.5) is 4.79 Å². The maximum absolute atomic E-state index is 12.3. The van der Waals surface area contributed by atoms with E-state index in [9.17, 15) is 14.4 Å². The maximum atomic E-state index is 12.3. The number of carbonyl (C=O) groups excluding carboxylic acids is 3. The highest BCUT2D eigenvalue weighted by Crippen LogP contribution is 2.34. The molecule has 1 aliphatic rings. The second-order valence-corrected chi connectivity index (χ2v) is 5.56. The third-order valence-corrected chi connectivity index (χ3v) is 3.81. The number of benzene rings is 1. The van der Waals surface area contributed by atoms with Gasteiger partial charge in [0.05, 0.1) is 25.3 Å². The Morgan fingerprint density at radius 3 is 2.67 bits per heavy atom. The Morgan fingerprint density at radius 1 is 1.30 bits per heavy atom. The molecule has 0 aliphatic carbocycles. The van der Waals surface area contributed by atoms with Gasteiger partial charge in [0.25, 0.3) is 5.91 Å². The molecule has 0 saturated heterocycles. The predicted octanol–water partition coefficient (Wildman–Crippen LogP) is 0.255. The zero-order valence-electron chi connectivity index (χ0n) is 15.3. The van der Waals surface area contributed by atoms with E-state index in [2.05, 4.69) is 10.6 Å². The predicted molar refractivity (Wildman–Crippen MR) is 94.6 cm³/mol. The summed E-state index contributed by atoms with van der Waals surface area (Å²) in [7, 11) is 1.43. The molecule has 1 heterocycles. The number of hydrazine groups is 1. The minimum atomic E-state index is -0.729. The Labute approximate surface area is 156 Å². The average Bonchev–Trinajstić information content (AvgIpc) is 2.65. The number of methoxy groups -OCH3 is 1. The van der Waals surface area contributed by atoms with E-state index in [4.69, 9.17) is 20.1 Å². The maximum Gasteiger partial charge on any atom is 0.338 e. The third-order valence-electron chi connectivity index (χ3n) is 3.81. The number of rotatable bonds is 7. The molecule has 0 unspecified atom stereocenters. The highest BCUT2D eigenvalue weighted by atomic mass is 16.5. The number of hydrogen-bond acceptors (Lipinski definition) is 7. The Morgan fingerprint density at radius 2 is 2.04 bits per heavy atom. The molecule has 1 aromatic rings. The molecule has 1 aromatic carbocycles. The van der Waals surface area contributed by atoms with Gasteiger partial charge in [-0.05, 0) is 31.5 Å². The molecule has 0 fully saturated rings. The van der Waals surface area contributed by atoms with Gasteiger partial charge in [-0.25, -0.2) is 15.4 Å². The van der Waals surface area contributed by atoms with Crippen molar-refractivity contribution < 1.29 is 28.6 Å². The molecule has 146 valence electrons. The fourth-order valence-corrected chi connectivity index (χ4v) is 2.59. The van der Waals surface area contributed by atoms with E-state index < -0.39 is 23.9 Å². The number of ether oxygens (including phenoxy) is 3. The Kier molecular flexibility index (Phi) is 6.61. The largest absolute Gasteiger partial charge is 0.493 e. The molecule has 2 rings (SSSR count). The molecule has 27 heavy (non-hydrogen) atoms. The van der Waals surface area contributed by atoms with Crippen molar-refractivity contribution in [3.05, 3.63) is 35.0 Å². The molecule has 0 spiro atoms. The first-order valence-corrected chi connectivity index (χ1v) is 8.16. The Bertz CT molecular complexity index is 777. The van der Waals surface area contributed by atoms with Crippen molar-refractivity contribution >= 4 is 17.9 Å². The lowest BCUT2D eigenvalue weighted by Crippen LogP contribution is -2.45. The van der Waals surface area contributed by atoms with Gasteiger partial charge in [0, 0.05) is 5.70 Å². The van der Waals surface area contributed by atoms with Crippen LogP contribution in [0.1, 0.15) is 25.5 Å². The topological polar surface area (TPSA) is 141 Å². The smallest absolute Gasteiger partial charge is 0.338 e. The Balaban J connectivity index is 2.36. The van der Waals surface area contributed by atoms with Gasteiger partial charge in [0.2, 0.25) is 0 Å². The number of nitrogens with two attached hydrogens (primary N) is 1. The first-order valence-electron chi connectivity index (χ1n) is 8.16. The van der Waals surface area contributed by atoms with Crippen molar-refractivity contribution in [2.45, 2.75) is 19.9 Å². The van der Waals surface area contributed by atoms with E-state index in [1.165, 1.54) is 7.11 Å². The van der Waals surface area contributed by atoms with E-state index in [1.807, 2.05) is 5.43 Å². The molecule has 0 radical (unpaired) electrons. The second-order valence-electron chi connectivity index (χ2n) is 5.56. The summed E-state index contributed by atoms with van der Waals surface area (Å²) in [5, 5.41) is 5.26. The van der Waals surface area contributed by atoms with Gasteiger partial charge >= 0.3 is 12.0 Å². The molecular weight excluding hydrogens is 356 g/mol. The standard InChI is InChI=1S/C17H22N4O6/c1-4-26-16(23)14-9(2)19-17(24)20-15(14)10-5-6-11(12(7-10)25-3)27-8-13(22)21-18/h5-7,15H,4,8,18H2,1-3H3,(H,21,22)(H2,19,20,24)/t15-/m1/s1. The van der Waals surface area contributed by atoms with Crippen LogP contribution in [0.2, 0.25) is 0 Å². The van der Waals surface area contributed by atoms with Gasteiger partial charge in [-0.1, -0.05) is 6.07 Å². The van der Waals surface area contributed by atoms with Crippen LogP contribution in [0.3, 0.4) is 0 Å². The summed E-state index contributed by atoms with van der Waals surface area (Å²) < 4.78 is 15.7. The van der Waals surface area contributed by atoms with Crippen molar-refractivity contribution in [2.24, 2.45) is 5.84 Å². The number of allylic oxidation sites excluding steroid dienone is 1. The van der Waals surface area contributed by atoms with Crippen molar-refractivity contribution in [1.29, 1.82) is 0 Å². The lowest BCUT2D eigenvalue weighted by Gasteiger charge is -2.28. The van der Waals surface area contributed by atoms with Gasteiger partial charge in [-0.15, -0.1) is 0 Å². The monoisotopic (exact) mass is 378 g/mol. The van der Waals surface area contributed by atoms with Gasteiger partial charge in [-0.3, -0.25) is 10.2 Å². The van der Waals surface area contributed by atoms with E-state index in [0.717, 1.165) is 0 Å². The van der Waals surface area contributed by atoms with Crippen molar-refractivity contribution in [2.75, 3.05) is 20.3 Å². The lowest BCUT2D eigenvalue weighted by molar-refractivity contribution is -0.139. The molecule has 10 nitrogen and oxygen atoms in total. The van der Waals surface area contributed by atoms with Crippen LogP contribution in [0.15, 0.2) is 29.5 Å². The average molecular weight is 378 g/mol. The first-order chi connectivity index (χ1) is 12.9. The summed E-state index contributed by atoms with van der Waals surface area (Å²) in [4.78, 5) is 35.5. The van der Waals surface area contributed by atoms with E-state index in [-0.39, 0.29) is 18.8 Å². The number of esters is 1. The van der Waals surface area contributed by atoms with Gasteiger partial charge in [0.15, 0.2) is 18.1 Å². The van der Waals surface area contributed by atoms with Gasteiger partial charge in [-0.2, -0.15) is 0 Å². The van der Waals surface area contributed by atoms with Crippen LogP contribution in [0.5, 0.6) is 11.5 Å². The first kappa shape index (κ1) is 20.0. The quantitative estimate of drug-likeness (QED) is 0.231. The molecule has 0 saturated carbocycles. The van der Waals surface area contributed by atoms with Crippen LogP contribution in [-0.4, -0.2) is 38.2 Å². The van der Waals surface area contributed by atoms with E-state index >= 15 is 0 Å². The zero-order chi connectivity index (χ0) is 20.0. The molecule has 0 aromatic heterocycles. The number of amides is 3. The molecule has 5 N–H and O–H groups in total. The fraction of sp³-hybridized carbons (Fsp3) is 0.353. The van der Waals surface area contributed by atoms with Crippen LogP contribution < -0.4 is 31.4 Å². The zero-order valence-corrected chi connectivity index (χ0v) is 15.3. The van der Waals surface area contributed by atoms with Gasteiger partial charge in [0.1, 0.15) is 0 Å². The number of carbonyl (C=O) groups is 3. The number of urea groups is 1. The molecule has 1 atom stereocenters. The fourth-order valence-electron chi connectivity index (χ4n) is 2.59. The highest BCUT2D eigenvalue weighted by Gasteiger charge is 2.32. The number of hydrogen-bond donors (Lipinski definition) is 4. The summed E-state index contributed by atoms with van der Waals surface area (Å²) in [6.45, 7) is 3.24. The second kappa shape index (κ2) is 8.90. The molecular formula is C17H22N4O6. The summed E-state index contributed by atoms with van der Waals surface area (Å²) in [5.41, 5.74) is 3.23. The van der Waals surface area contributed by atoms with E-state index in [0.29, 0.717) is 22.8 Å². The third kappa shape index (κ3) is 4.67. The Hall–Kier alpha value is -3.27. The van der Waals surface area contributed by atoms with E-state index in [1.54, 1.807) is 32.0 Å². The lowest BCUT2D eigenvalue weighted by atomic mass is 9.95. The van der Waals surface area contributed by atoms with Crippen LogP contribution in [0, 0.1) is 0 Å². The highest BCUT2D eigenvalue weighted by molar-refractivity contribution is 5.95. The molecule has 1 aliphatic heterocycles. The summed E-state index contributed by atoms with van der Waals surface area (Å²) in [6.07, 6.45) is 0. The van der Waals surface area contributed by atoms with Gasteiger partial charge < -0.3 is 24.8 Å².